The highest BCUT2D eigenvalue weighted by molar-refractivity contribution is 9.10. The molecule has 6 heteroatoms. The van der Waals surface area contributed by atoms with Crippen LogP contribution in [0.4, 0.5) is 0 Å². The molecule has 1 atom stereocenters. The summed E-state index contributed by atoms with van der Waals surface area (Å²) in [6.07, 6.45) is 0. The molecule has 0 aliphatic heterocycles. The molecule has 3 rings (SSSR count). The lowest BCUT2D eigenvalue weighted by Crippen LogP contribution is -2.12. The van der Waals surface area contributed by atoms with Crippen molar-refractivity contribution < 1.29 is 4.52 Å². The van der Waals surface area contributed by atoms with Crippen LogP contribution in [0.1, 0.15) is 18.9 Å². The predicted octanol–water partition coefficient (Wildman–Crippen LogP) is 3.33. The van der Waals surface area contributed by atoms with Gasteiger partial charge in [-0.3, -0.25) is 0 Å². The number of halogens is 1. The Morgan fingerprint density at radius 1 is 1.25 bits per heavy atom. The zero-order chi connectivity index (χ0) is 14.1. The molecule has 0 radical (unpaired) electrons. The van der Waals surface area contributed by atoms with Gasteiger partial charge in [-0.05, 0) is 42.0 Å². The van der Waals surface area contributed by atoms with E-state index >= 15 is 0 Å². The van der Waals surface area contributed by atoms with E-state index in [4.69, 9.17) is 4.52 Å². The first-order valence-corrected chi connectivity index (χ1v) is 7.05. The van der Waals surface area contributed by atoms with Crippen molar-refractivity contribution in [3.63, 3.8) is 0 Å². The van der Waals surface area contributed by atoms with Gasteiger partial charge in [0.1, 0.15) is 5.69 Å². The van der Waals surface area contributed by atoms with E-state index in [9.17, 15) is 0 Å². The molecular weight excluding hydrogens is 320 g/mol. The third-order valence-electron chi connectivity index (χ3n) is 3.13. The molecule has 0 amide bonds. The molecule has 0 saturated carbocycles. The summed E-state index contributed by atoms with van der Waals surface area (Å²) in [5.74, 6) is 1.03. The maximum absolute atomic E-state index is 5.25. The number of para-hydroxylation sites is 1. The van der Waals surface area contributed by atoms with Crippen LogP contribution in [-0.2, 0) is 0 Å². The van der Waals surface area contributed by atoms with Crippen LogP contribution in [0.3, 0.4) is 0 Å². The zero-order valence-corrected chi connectivity index (χ0v) is 12.7. The number of nitrogens with one attached hydrogen (secondary N) is 1. The summed E-state index contributed by atoms with van der Waals surface area (Å²) >= 11 is 3.52. The Labute approximate surface area is 124 Å². The Bertz CT molecular complexity index is 756. The fourth-order valence-electron chi connectivity index (χ4n) is 1.88. The Balaban J connectivity index is 2.09. The minimum atomic E-state index is 0.00971. The standard InChI is InChI=1S/C14H13BrN4O/c1-8(16-2)14-18-13(19-20-14)12-10(15)7-9-5-3-4-6-11(9)17-12/h3-8,16H,1-2H3. The molecule has 0 fully saturated rings. The molecule has 5 nitrogen and oxygen atoms in total. The second kappa shape index (κ2) is 5.30. The molecule has 0 saturated heterocycles. The van der Waals surface area contributed by atoms with E-state index < -0.39 is 0 Å². The highest BCUT2D eigenvalue weighted by atomic mass is 79.9. The largest absolute Gasteiger partial charge is 0.337 e. The van der Waals surface area contributed by atoms with Crippen molar-refractivity contribution in [2.24, 2.45) is 0 Å². The first-order chi connectivity index (χ1) is 9.69. The van der Waals surface area contributed by atoms with Gasteiger partial charge >= 0.3 is 0 Å². The lowest BCUT2D eigenvalue weighted by atomic mass is 10.2. The van der Waals surface area contributed by atoms with Gasteiger partial charge in [-0.15, -0.1) is 0 Å². The molecule has 102 valence electrons. The molecule has 1 N–H and O–H groups in total. The number of pyridine rings is 1. The van der Waals surface area contributed by atoms with Crippen LogP contribution in [0.25, 0.3) is 22.4 Å². The van der Waals surface area contributed by atoms with Crippen molar-refractivity contribution in [2.45, 2.75) is 13.0 Å². The molecule has 2 heterocycles. The lowest BCUT2D eigenvalue weighted by molar-refractivity contribution is 0.347. The van der Waals surface area contributed by atoms with Crippen molar-refractivity contribution in [1.29, 1.82) is 0 Å². The van der Waals surface area contributed by atoms with E-state index in [1.165, 1.54) is 0 Å². The Hall–Kier alpha value is -1.79. The number of hydrogen-bond donors (Lipinski definition) is 1. The van der Waals surface area contributed by atoms with E-state index in [0.717, 1.165) is 15.4 Å². The summed E-state index contributed by atoms with van der Waals surface area (Å²) in [5, 5.41) is 8.13. The van der Waals surface area contributed by atoms with Crippen molar-refractivity contribution in [3.8, 4) is 11.5 Å². The van der Waals surface area contributed by atoms with Crippen LogP contribution in [0.2, 0.25) is 0 Å². The number of nitrogens with zero attached hydrogens (tertiary/aromatic N) is 3. The summed E-state index contributed by atoms with van der Waals surface area (Å²) in [5.41, 5.74) is 1.58. The monoisotopic (exact) mass is 332 g/mol. The maximum atomic E-state index is 5.25. The predicted molar refractivity (Wildman–Crippen MR) is 80.2 cm³/mol. The topological polar surface area (TPSA) is 63.8 Å². The second-order valence-electron chi connectivity index (χ2n) is 4.48. The van der Waals surface area contributed by atoms with Crippen LogP contribution >= 0.6 is 15.9 Å². The highest BCUT2D eigenvalue weighted by Crippen LogP contribution is 2.28. The van der Waals surface area contributed by atoms with E-state index in [2.05, 4.69) is 36.4 Å². The molecule has 3 aromatic rings. The van der Waals surface area contributed by atoms with Crippen molar-refractivity contribution in [3.05, 3.63) is 40.7 Å². The third kappa shape index (κ3) is 2.32. The fourth-order valence-corrected chi connectivity index (χ4v) is 2.39. The normalized spacial score (nSPS) is 12.8. The number of aromatic nitrogens is 3. The van der Waals surface area contributed by atoms with E-state index in [1.807, 2.05) is 44.3 Å². The number of hydrogen-bond acceptors (Lipinski definition) is 5. The molecular formula is C14H13BrN4O. The molecule has 0 spiro atoms. The summed E-state index contributed by atoms with van der Waals surface area (Å²) in [4.78, 5) is 8.98. The summed E-state index contributed by atoms with van der Waals surface area (Å²) < 4.78 is 6.10. The Morgan fingerprint density at radius 2 is 2.05 bits per heavy atom. The average molecular weight is 333 g/mol. The van der Waals surface area contributed by atoms with Gasteiger partial charge < -0.3 is 9.84 Å². The minimum Gasteiger partial charge on any atom is -0.337 e. The highest BCUT2D eigenvalue weighted by Gasteiger charge is 2.17. The van der Waals surface area contributed by atoms with Gasteiger partial charge in [0.25, 0.3) is 0 Å². The van der Waals surface area contributed by atoms with Gasteiger partial charge in [-0.25, -0.2) is 4.98 Å². The zero-order valence-electron chi connectivity index (χ0n) is 11.1. The van der Waals surface area contributed by atoms with E-state index in [1.54, 1.807) is 0 Å². The minimum absolute atomic E-state index is 0.00971. The van der Waals surface area contributed by atoms with E-state index in [-0.39, 0.29) is 6.04 Å². The fraction of sp³-hybridized carbons (Fsp3) is 0.214. The van der Waals surface area contributed by atoms with Gasteiger partial charge in [0.05, 0.1) is 11.6 Å². The Kier molecular flexibility index (Phi) is 3.50. The Morgan fingerprint density at radius 3 is 2.85 bits per heavy atom. The van der Waals surface area contributed by atoms with Gasteiger partial charge in [0, 0.05) is 9.86 Å². The van der Waals surface area contributed by atoms with Crippen molar-refractivity contribution in [1.82, 2.24) is 20.4 Å². The van der Waals surface area contributed by atoms with Crippen LogP contribution in [-0.4, -0.2) is 22.2 Å². The smallest absolute Gasteiger partial charge is 0.243 e. The number of rotatable bonds is 3. The number of benzene rings is 1. The van der Waals surface area contributed by atoms with Gasteiger partial charge in [-0.1, -0.05) is 23.4 Å². The molecule has 1 aromatic carbocycles. The first kappa shape index (κ1) is 13.2. The molecule has 20 heavy (non-hydrogen) atoms. The summed E-state index contributed by atoms with van der Waals surface area (Å²) in [6.45, 7) is 1.96. The first-order valence-electron chi connectivity index (χ1n) is 6.25. The lowest BCUT2D eigenvalue weighted by Gasteiger charge is -2.03. The van der Waals surface area contributed by atoms with Crippen molar-refractivity contribution >= 4 is 26.8 Å². The molecule has 0 aliphatic carbocycles. The van der Waals surface area contributed by atoms with Crippen LogP contribution in [0.15, 0.2) is 39.3 Å². The quantitative estimate of drug-likeness (QED) is 0.796. The number of fused-ring (bicyclic) bond motifs is 1. The summed E-state index contributed by atoms with van der Waals surface area (Å²) in [7, 11) is 1.85. The molecule has 0 aliphatic rings. The average Bonchev–Trinajstić information content (AvgIpc) is 2.95. The summed E-state index contributed by atoms with van der Waals surface area (Å²) in [6, 6.07) is 9.93. The van der Waals surface area contributed by atoms with Gasteiger partial charge in [-0.2, -0.15) is 4.98 Å². The molecule has 0 bridgehead atoms. The van der Waals surface area contributed by atoms with Crippen LogP contribution < -0.4 is 5.32 Å². The second-order valence-corrected chi connectivity index (χ2v) is 5.33. The van der Waals surface area contributed by atoms with Crippen LogP contribution in [0.5, 0.6) is 0 Å². The van der Waals surface area contributed by atoms with Crippen LogP contribution in [0, 0.1) is 0 Å². The van der Waals surface area contributed by atoms with Gasteiger partial charge in [0.2, 0.25) is 11.7 Å². The van der Waals surface area contributed by atoms with Gasteiger partial charge in [0.15, 0.2) is 0 Å². The van der Waals surface area contributed by atoms with E-state index in [0.29, 0.717) is 17.4 Å². The molecule has 1 unspecified atom stereocenters. The molecule has 2 aromatic heterocycles. The SMILES string of the molecule is CNC(C)c1nc(-c2nc3ccccc3cc2Br)no1. The van der Waals surface area contributed by atoms with Crippen molar-refractivity contribution in [2.75, 3.05) is 7.05 Å². The maximum Gasteiger partial charge on any atom is 0.243 e. The third-order valence-corrected chi connectivity index (χ3v) is 3.74.